The zero-order valence-electron chi connectivity index (χ0n) is 9.85. The molecule has 0 aromatic carbocycles. The molecule has 94 valence electrons. The molecule has 4 nitrogen and oxygen atoms in total. The molecule has 0 aliphatic rings. The zero-order chi connectivity index (χ0) is 12.4. The molecule has 0 aromatic heterocycles. The van der Waals surface area contributed by atoms with E-state index in [2.05, 4.69) is 6.58 Å². The van der Waals surface area contributed by atoms with E-state index < -0.39 is 13.3 Å². The standard InChI is InChI=1S/C11H21O4P/c1-3-5-9-16(13,14)10-7-6-8-15-11(12)4-2/h4H,2-3,5-10H2,1H3,(H,13,14). The number of unbranched alkanes of at least 4 members (excludes halogenated alkanes) is 2. The minimum atomic E-state index is -2.94. The van der Waals surface area contributed by atoms with E-state index in [1.807, 2.05) is 6.92 Å². The molecule has 0 saturated carbocycles. The number of ether oxygens (including phenoxy) is 1. The van der Waals surface area contributed by atoms with Crippen molar-refractivity contribution in [1.82, 2.24) is 0 Å². The lowest BCUT2D eigenvalue weighted by atomic mass is 10.4. The molecule has 1 N–H and O–H groups in total. The van der Waals surface area contributed by atoms with E-state index in [1.54, 1.807) is 0 Å². The highest BCUT2D eigenvalue weighted by molar-refractivity contribution is 7.57. The molecule has 0 amide bonds. The molecular formula is C11H21O4P. The van der Waals surface area contributed by atoms with Gasteiger partial charge in [0.1, 0.15) is 0 Å². The van der Waals surface area contributed by atoms with Gasteiger partial charge in [-0.2, -0.15) is 0 Å². The Morgan fingerprint density at radius 3 is 2.56 bits per heavy atom. The topological polar surface area (TPSA) is 63.6 Å². The quantitative estimate of drug-likeness (QED) is 0.295. The van der Waals surface area contributed by atoms with Crippen molar-refractivity contribution in [2.45, 2.75) is 32.6 Å². The molecule has 0 bridgehead atoms. The summed E-state index contributed by atoms with van der Waals surface area (Å²) >= 11 is 0. The summed E-state index contributed by atoms with van der Waals surface area (Å²) in [7, 11) is -2.94. The smallest absolute Gasteiger partial charge is 0.330 e. The predicted molar refractivity (Wildman–Crippen MR) is 64.9 cm³/mol. The number of rotatable bonds is 9. The Morgan fingerprint density at radius 1 is 1.38 bits per heavy atom. The zero-order valence-corrected chi connectivity index (χ0v) is 10.7. The first-order chi connectivity index (χ1) is 7.52. The molecule has 16 heavy (non-hydrogen) atoms. The third-order valence-corrected chi connectivity index (χ3v) is 4.20. The first kappa shape index (κ1) is 15.4. The van der Waals surface area contributed by atoms with Crippen LogP contribution >= 0.6 is 7.37 Å². The Kier molecular flexibility index (Phi) is 8.22. The molecule has 0 heterocycles. The molecule has 1 unspecified atom stereocenters. The number of carbonyl (C=O) groups excluding carboxylic acids is 1. The predicted octanol–water partition coefficient (Wildman–Crippen LogP) is 2.57. The molecule has 0 aliphatic heterocycles. The number of hydrogen-bond acceptors (Lipinski definition) is 3. The van der Waals surface area contributed by atoms with Crippen LogP contribution in [0.25, 0.3) is 0 Å². The fourth-order valence-electron chi connectivity index (χ4n) is 1.21. The van der Waals surface area contributed by atoms with Gasteiger partial charge in [-0.1, -0.05) is 19.9 Å². The average Bonchev–Trinajstić information content (AvgIpc) is 2.25. The maximum absolute atomic E-state index is 11.6. The summed E-state index contributed by atoms with van der Waals surface area (Å²) in [6, 6.07) is 0. The van der Waals surface area contributed by atoms with Crippen LogP contribution in [0.2, 0.25) is 0 Å². The van der Waals surface area contributed by atoms with E-state index in [0.717, 1.165) is 18.9 Å². The highest BCUT2D eigenvalue weighted by Gasteiger charge is 2.16. The second-order valence-electron chi connectivity index (χ2n) is 3.73. The van der Waals surface area contributed by atoms with Crippen molar-refractivity contribution in [2.24, 2.45) is 0 Å². The number of carbonyl (C=O) groups is 1. The van der Waals surface area contributed by atoms with E-state index >= 15 is 0 Å². The molecular weight excluding hydrogens is 227 g/mol. The van der Waals surface area contributed by atoms with Crippen molar-refractivity contribution >= 4 is 13.3 Å². The molecule has 1 atom stereocenters. The summed E-state index contributed by atoms with van der Waals surface area (Å²) in [4.78, 5) is 20.2. The van der Waals surface area contributed by atoms with Gasteiger partial charge in [-0.3, -0.25) is 4.57 Å². The SMILES string of the molecule is C=CC(=O)OCCCCP(=O)(O)CCCC. The Hall–Kier alpha value is -0.600. The van der Waals surface area contributed by atoms with Crippen LogP contribution < -0.4 is 0 Å². The third-order valence-electron chi connectivity index (χ3n) is 2.17. The van der Waals surface area contributed by atoms with Crippen molar-refractivity contribution in [1.29, 1.82) is 0 Å². The second-order valence-corrected chi connectivity index (χ2v) is 6.31. The molecule has 0 spiro atoms. The van der Waals surface area contributed by atoms with E-state index in [4.69, 9.17) is 4.74 Å². The number of esters is 1. The number of hydrogen-bond donors (Lipinski definition) is 1. The van der Waals surface area contributed by atoms with Gasteiger partial charge in [-0.25, -0.2) is 4.79 Å². The lowest BCUT2D eigenvalue weighted by Crippen LogP contribution is -2.03. The molecule has 5 heteroatoms. The van der Waals surface area contributed by atoms with Crippen LogP contribution in [-0.4, -0.2) is 29.8 Å². The Morgan fingerprint density at radius 2 is 2.00 bits per heavy atom. The average molecular weight is 248 g/mol. The van der Waals surface area contributed by atoms with Crippen LogP contribution in [0.1, 0.15) is 32.6 Å². The van der Waals surface area contributed by atoms with Crippen molar-refractivity contribution in [2.75, 3.05) is 18.9 Å². The minimum Gasteiger partial charge on any atom is -0.463 e. The first-order valence-electron chi connectivity index (χ1n) is 5.62. The summed E-state index contributed by atoms with van der Waals surface area (Å²) in [6.07, 6.45) is 4.78. The highest BCUT2D eigenvalue weighted by atomic mass is 31.2. The summed E-state index contributed by atoms with van der Waals surface area (Å²) in [5, 5.41) is 0. The Bertz CT molecular complexity index is 263. The Labute approximate surface area is 97.1 Å². The molecule has 0 rings (SSSR count). The normalized spacial score (nSPS) is 14.1. The molecule has 0 saturated heterocycles. The lowest BCUT2D eigenvalue weighted by molar-refractivity contribution is -0.137. The van der Waals surface area contributed by atoms with E-state index in [-0.39, 0.29) is 0 Å². The fourth-order valence-corrected chi connectivity index (χ4v) is 2.96. The molecule has 0 radical (unpaired) electrons. The third kappa shape index (κ3) is 8.69. The maximum Gasteiger partial charge on any atom is 0.330 e. The highest BCUT2D eigenvalue weighted by Crippen LogP contribution is 2.42. The summed E-state index contributed by atoms with van der Waals surface area (Å²) in [5.74, 6) is -0.446. The van der Waals surface area contributed by atoms with Crippen LogP contribution in [0.5, 0.6) is 0 Å². The van der Waals surface area contributed by atoms with Crippen molar-refractivity contribution in [3.63, 3.8) is 0 Å². The van der Waals surface area contributed by atoms with Gasteiger partial charge in [-0.15, -0.1) is 0 Å². The monoisotopic (exact) mass is 248 g/mol. The van der Waals surface area contributed by atoms with Crippen LogP contribution in [0.3, 0.4) is 0 Å². The van der Waals surface area contributed by atoms with Crippen LogP contribution in [0, 0.1) is 0 Å². The van der Waals surface area contributed by atoms with Gasteiger partial charge in [0.25, 0.3) is 0 Å². The van der Waals surface area contributed by atoms with Gasteiger partial charge < -0.3 is 9.63 Å². The van der Waals surface area contributed by atoms with Crippen LogP contribution in [0.4, 0.5) is 0 Å². The largest absolute Gasteiger partial charge is 0.463 e. The fraction of sp³-hybridized carbons (Fsp3) is 0.727. The van der Waals surface area contributed by atoms with Crippen molar-refractivity contribution in [3.05, 3.63) is 12.7 Å². The van der Waals surface area contributed by atoms with Gasteiger partial charge in [0.15, 0.2) is 0 Å². The van der Waals surface area contributed by atoms with Gasteiger partial charge in [-0.05, 0) is 19.3 Å². The van der Waals surface area contributed by atoms with Gasteiger partial charge in [0.2, 0.25) is 7.37 Å². The second kappa shape index (κ2) is 8.54. The lowest BCUT2D eigenvalue weighted by Gasteiger charge is -2.10. The molecule has 0 fully saturated rings. The van der Waals surface area contributed by atoms with E-state index in [0.29, 0.717) is 31.8 Å². The summed E-state index contributed by atoms with van der Waals surface area (Å²) < 4.78 is 16.3. The van der Waals surface area contributed by atoms with Crippen LogP contribution in [0.15, 0.2) is 12.7 Å². The molecule has 0 aromatic rings. The van der Waals surface area contributed by atoms with Crippen LogP contribution in [-0.2, 0) is 14.1 Å². The minimum absolute atomic E-state index is 0.290. The van der Waals surface area contributed by atoms with Gasteiger partial charge in [0, 0.05) is 18.4 Å². The maximum atomic E-state index is 11.6. The Balaban J connectivity index is 3.53. The van der Waals surface area contributed by atoms with Crippen molar-refractivity contribution in [3.8, 4) is 0 Å². The summed E-state index contributed by atoms with van der Waals surface area (Å²) in [5.41, 5.74) is 0. The van der Waals surface area contributed by atoms with Crippen molar-refractivity contribution < 1.29 is 19.0 Å². The van der Waals surface area contributed by atoms with Gasteiger partial charge in [0.05, 0.1) is 6.61 Å². The van der Waals surface area contributed by atoms with E-state index in [1.165, 1.54) is 0 Å². The van der Waals surface area contributed by atoms with Gasteiger partial charge >= 0.3 is 5.97 Å². The first-order valence-corrected chi connectivity index (χ1v) is 7.65. The van der Waals surface area contributed by atoms with E-state index in [9.17, 15) is 14.3 Å². The summed E-state index contributed by atoms with van der Waals surface area (Å²) in [6.45, 7) is 5.56. The molecule has 0 aliphatic carbocycles.